The third kappa shape index (κ3) is 3.47. The zero-order chi connectivity index (χ0) is 17.1. The molecule has 1 unspecified atom stereocenters. The number of aromatic nitrogens is 4. The van der Waals surface area contributed by atoms with Crippen molar-refractivity contribution in [2.24, 2.45) is 0 Å². The van der Waals surface area contributed by atoms with Crippen LogP contribution in [0.1, 0.15) is 31.2 Å². The SMILES string of the molecule is O=C(CCc1nc(-c2ccco2)no1)N1CCCC(n2ccnc2)C1. The highest BCUT2D eigenvalue weighted by Gasteiger charge is 2.24. The van der Waals surface area contributed by atoms with Gasteiger partial charge in [-0.05, 0) is 25.0 Å². The molecule has 0 aliphatic carbocycles. The van der Waals surface area contributed by atoms with E-state index in [0.29, 0.717) is 36.4 Å². The zero-order valence-electron chi connectivity index (χ0n) is 13.7. The van der Waals surface area contributed by atoms with Gasteiger partial charge in [-0.2, -0.15) is 4.98 Å². The summed E-state index contributed by atoms with van der Waals surface area (Å²) in [5, 5.41) is 3.88. The zero-order valence-corrected chi connectivity index (χ0v) is 13.7. The van der Waals surface area contributed by atoms with Crippen molar-refractivity contribution < 1.29 is 13.7 Å². The van der Waals surface area contributed by atoms with Gasteiger partial charge in [0.25, 0.3) is 0 Å². The molecule has 130 valence electrons. The molecule has 1 amide bonds. The maximum absolute atomic E-state index is 12.5. The van der Waals surface area contributed by atoms with E-state index in [2.05, 4.69) is 19.7 Å². The smallest absolute Gasteiger partial charge is 0.238 e. The van der Waals surface area contributed by atoms with Crippen molar-refractivity contribution >= 4 is 5.91 Å². The number of aryl methyl sites for hydroxylation is 1. The molecule has 0 bridgehead atoms. The average molecular weight is 341 g/mol. The molecule has 1 saturated heterocycles. The van der Waals surface area contributed by atoms with E-state index in [-0.39, 0.29) is 5.91 Å². The summed E-state index contributed by atoms with van der Waals surface area (Å²) in [5.74, 6) is 1.52. The molecule has 1 atom stereocenters. The molecule has 4 heterocycles. The summed E-state index contributed by atoms with van der Waals surface area (Å²) in [4.78, 5) is 22.8. The number of rotatable bonds is 5. The van der Waals surface area contributed by atoms with Gasteiger partial charge in [-0.25, -0.2) is 4.98 Å². The molecule has 3 aromatic rings. The van der Waals surface area contributed by atoms with Crippen LogP contribution in [0.2, 0.25) is 0 Å². The number of carbonyl (C=O) groups is 1. The Kier molecular flexibility index (Phi) is 4.32. The van der Waals surface area contributed by atoms with Gasteiger partial charge in [-0.3, -0.25) is 4.79 Å². The molecular formula is C17H19N5O3. The summed E-state index contributed by atoms with van der Waals surface area (Å²) < 4.78 is 12.5. The Hall–Kier alpha value is -2.90. The number of amides is 1. The Morgan fingerprint density at radius 1 is 1.40 bits per heavy atom. The van der Waals surface area contributed by atoms with Gasteiger partial charge in [0.15, 0.2) is 5.76 Å². The van der Waals surface area contributed by atoms with Gasteiger partial charge in [-0.1, -0.05) is 5.16 Å². The molecule has 3 aromatic heterocycles. The molecule has 0 radical (unpaired) electrons. The first kappa shape index (κ1) is 15.6. The number of imidazole rings is 1. The van der Waals surface area contributed by atoms with Crippen LogP contribution in [0.4, 0.5) is 0 Å². The fraction of sp³-hybridized carbons (Fsp3) is 0.412. The minimum Gasteiger partial charge on any atom is -0.461 e. The Bertz CT molecular complexity index is 809. The molecule has 1 aliphatic rings. The Balaban J connectivity index is 1.33. The van der Waals surface area contributed by atoms with Gasteiger partial charge in [0, 0.05) is 38.3 Å². The number of piperidine rings is 1. The highest BCUT2D eigenvalue weighted by Crippen LogP contribution is 2.22. The van der Waals surface area contributed by atoms with Crippen LogP contribution in [0, 0.1) is 0 Å². The summed E-state index contributed by atoms with van der Waals surface area (Å²) in [6, 6.07) is 3.83. The first-order valence-corrected chi connectivity index (χ1v) is 8.41. The van der Waals surface area contributed by atoms with Crippen LogP contribution >= 0.6 is 0 Å². The first-order valence-electron chi connectivity index (χ1n) is 8.41. The molecule has 8 heteroatoms. The number of furan rings is 1. The summed E-state index contributed by atoms with van der Waals surface area (Å²) in [6.07, 6.45) is 9.94. The van der Waals surface area contributed by atoms with E-state index in [9.17, 15) is 4.79 Å². The molecule has 25 heavy (non-hydrogen) atoms. The van der Waals surface area contributed by atoms with Crippen LogP contribution in [0.25, 0.3) is 11.6 Å². The van der Waals surface area contributed by atoms with Gasteiger partial charge in [0.05, 0.1) is 18.6 Å². The van der Waals surface area contributed by atoms with E-state index in [1.165, 1.54) is 0 Å². The van der Waals surface area contributed by atoms with Crippen LogP contribution in [-0.4, -0.2) is 43.6 Å². The van der Waals surface area contributed by atoms with E-state index in [4.69, 9.17) is 8.94 Å². The Morgan fingerprint density at radius 3 is 3.16 bits per heavy atom. The molecule has 4 rings (SSSR count). The van der Waals surface area contributed by atoms with Crippen LogP contribution < -0.4 is 0 Å². The van der Waals surface area contributed by atoms with Gasteiger partial charge in [-0.15, -0.1) is 0 Å². The van der Waals surface area contributed by atoms with E-state index in [0.717, 1.165) is 25.9 Å². The van der Waals surface area contributed by atoms with Crippen molar-refractivity contribution in [1.29, 1.82) is 0 Å². The number of hydrogen-bond donors (Lipinski definition) is 0. The second-order valence-corrected chi connectivity index (χ2v) is 6.13. The lowest BCUT2D eigenvalue weighted by atomic mass is 10.0. The van der Waals surface area contributed by atoms with Gasteiger partial charge >= 0.3 is 0 Å². The lowest BCUT2D eigenvalue weighted by Crippen LogP contribution is -2.40. The summed E-state index contributed by atoms with van der Waals surface area (Å²) in [7, 11) is 0. The van der Waals surface area contributed by atoms with Gasteiger partial charge in [0.1, 0.15) is 0 Å². The Labute approximate surface area is 144 Å². The fourth-order valence-corrected chi connectivity index (χ4v) is 3.14. The van der Waals surface area contributed by atoms with E-state index < -0.39 is 0 Å². The van der Waals surface area contributed by atoms with Crippen LogP contribution in [0.3, 0.4) is 0 Å². The molecular weight excluding hydrogens is 322 g/mol. The minimum absolute atomic E-state index is 0.113. The molecule has 1 aliphatic heterocycles. The van der Waals surface area contributed by atoms with Crippen molar-refractivity contribution in [3.8, 4) is 11.6 Å². The van der Waals surface area contributed by atoms with Gasteiger partial charge < -0.3 is 18.4 Å². The number of nitrogens with zero attached hydrogens (tertiary/aromatic N) is 5. The predicted molar refractivity (Wildman–Crippen MR) is 87.4 cm³/mol. The van der Waals surface area contributed by atoms with Crippen molar-refractivity contribution in [3.05, 3.63) is 43.0 Å². The monoisotopic (exact) mass is 341 g/mol. The second-order valence-electron chi connectivity index (χ2n) is 6.13. The fourth-order valence-electron chi connectivity index (χ4n) is 3.14. The number of carbonyl (C=O) groups excluding carboxylic acids is 1. The molecule has 1 fully saturated rings. The predicted octanol–water partition coefficient (Wildman–Crippen LogP) is 2.32. The van der Waals surface area contributed by atoms with Crippen molar-refractivity contribution in [1.82, 2.24) is 24.6 Å². The highest BCUT2D eigenvalue weighted by molar-refractivity contribution is 5.76. The Morgan fingerprint density at radius 2 is 2.36 bits per heavy atom. The lowest BCUT2D eigenvalue weighted by molar-refractivity contribution is -0.132. The van der Waals surface area contributed by atoms with Crippen molar-refractivity contribution in [3.63, 3.8) is 0 Å². The average Bonchev–Trinajstić information content (AvgIpc) is 3.42. The summed E-state index contributed by atoms with van der Waals surface area (Å²) in [5.41, 5.74) is 0. The highest BCUT2D eigenvalue weighted by atomic mass is 16.5. The first-order chi connectivity index (χ1) is 12.3. The van der Waals surface area contributed by atoms with Crippen molar-refractivity contribution in [2.75, 3.05) is 13.1 Å². The number of hydrogen-bond acceptors (Lipinski definition) is 6. The van der Waals surface area contributed by atoms with E-state index in [1.807, 2.05) is 17.4 Å². The van der Waals surface area contributed by atoms with Crippen LogP contribution in [0.5, 0.6) is 0 Å². The third-order valence-corrected chi connectivity index (χ3v) is 4.46. The summed E-state index contributed by atoms with van der Waals surface area (Å²) >= 11 is 0. The summed E-state index contributed by atoms with van der Waals surface area (Å²) in [6.45, 7) is 1.52. The van der Waals surface area contributed by atoms with Crippen molar-refractivity contribution in [2.45, 2.75) is 31.7 Å². The number of likely N-dealkylation sites (tertiary alicyclic amines) is 1. The molecule has 8 nitrogen and oxygen atoms in total. The standard InChI is InChI=1S/C17H19N5O3/c23-16(21-8-1-3-13(11-21)22-9-7-18-12-22)6-5-15-19-17(20-25-15)14-4-2-10-24-14/h2,4,7,9-10,12-13H,1,3,5-6,8,11H2. The third-order valence-electron chi connectivity index (χ3n) is 4.46. The molecule has 0 aromatic carbocycles. The maximum atomic E-state index is 12.5. The molecule has 0 spiro atoms. The normalized spacial score (nSPS) is 17.8. The molecule has 0 N–H and O–H groups in total. The van der Waals surface area contributed by atoms with E-state index in [1.54, 1.807) is 24.6 Å². The quantitative estimate of drug-likeness (QED) is 0.707. The van der Waals surface area contributed by atoms with E-state index >= 15 is 0 Å². The topological polar surface area (TPSA) is 90.2 Å². The molecule has 0 saturated carbocycles. The van der Waals surface area contributed by atoms with Crippen LogP contribution in [-0.2, 0) is 11.2 Å². The minimum atomic E-state index is 0.113. The van der Waals surface area contributed by atoms with Crippen LogP contribution in [0.15, 0.2) is 46.1 Å². The largest absolute Gasteiger partial charge is 0.461 e. The maximum Gasteiger partial charge on any atom is 0.238 e. The lowest BCUT2D eigenvalue weighted by Gasteiger charge is -2.33. The van der Waals surface area contributed by atoms with Gasteiger partial charge in [0.2, 0.25) is 17.6 Å². The second kappa shape index (κ2) is 6.92.